The van der Waals surface area contributed by atoms with Gasteiger partial charge < -0.3 is 4.40 Å². The summed E-state index contributed by atoms with van der Waals surface area (Å²) in [7, 11) is 0. The van der Waals surface area contributed by atoms with Crippen molar-refractivity contribution in [1.82, 2.24) is 9.38 Å². The first kappa shape index (κ1) is 13.8. The Hall–Kier alpha value is -1.13. The van der Waals surface area contributed by atoms with E-state index >= 15 is 0 Å². The van der Waals surface area contributed by atoms with Gasteiger partial charge in [-0.15, -0.1) is 0 Å². The summed E-state index contributed by atoms with van der Waals surface area (Å²) in [5.74, 6) is 0.551. The molecule has 0 aliphatic carbocycles. The molecule has 0 aliphatic heterocycles. The van der Waals surface area contributed by atoms with Crippen molar-refractivity contribution in [3.8, 4) is 11.3 Å². The molecular formula is C16H14Br2N2. The van der Waals surface area contributed by atoms with E-state index in [0.29, 0.717) is 5.92 Å². The molecule has 3 rings (SSSR count). The maximum atomic E-state index is 4.69. The van der Waals surface area contributed by atoms with Crippen LogP contribution in [0.3, 0.4) is 0 Å². The van der Waals surface area contributed by atoms with Crippen LogP contribution < -0.4 is 0 Å². The summed E-state index contributed by atoms with van der Waals surface area (Å²) < 4.78 is 4.03. The second-order valence-corrected chi connectivity index (χ2v) is 6.91. The van der Waals surface area contributed by atoms with E-state index < -0.39 is 0 Å². The summed E-state index contributed by atoms with van der Waals surface area (Å²) >= 11 is 7.05. The fraction of sp³-hybridized carbons (Fsp3) is 0.188. The number of hydrogen-bond donors (Lipinski definition) is 0. The Morgan fingerprint density at radius 3 is 2.40 bits per heavy atom. The Labute approximate surface area is 135 Å². The second-order valence-electron chi connectivity index (χ2n) is 5.14. The van der Waals surface area contributed by atoms with Crippen molar-refractivity contribution in [3.05, 3.63) is 57.2 Å². The first-order valence-corrected chi connectivity index (χ1v) is 8.07. The van der Waals surface area contributed by atoms with Crippen LogP contribution >= 0.6 is 31.9 Å². The summed E-state index contributed by atoms with van der Waals surface area (Å²) in [4.78, 5) is 4.69. The van der Waals surface area contributed by atoms with Crippen molar-refractivity contribution < 1.29 is 0 Å². The molecule has 0 bridgehead atoms. The van der Waals surface area contributed by atoms with Crippen LogP contribution in [-0.2, 0) is 0 Å². The Morgan fingerprint density at radius 2 is 1.75 bits per heavy atom. The maximum Gasteiger partial charge on any atom is 0.151 e. The number of pyridine rings is 1. The number of halogens is 2. The highest BCUT2D eigenvalue weighted by molar-refractivity contribution is 9.11. The molecular weight excluding hydrogens is 380 g/mol. The molecule has 0 N–H and O–H groups in total. The van der Waals surface area contributed by atoms with E-state index in [1.54, 1.807) is 0 Å². The smallest absolute Gasteiger partial charge is 0.151 e. The number of fused-ring (bicyclic) bond motifs is 1. The van der Waals surface area contributed by atoms with E-state index in [1.807, 2.05) is 16.7 Å². The molecule has 2 aromatic heterocycles. The zero-order valence-electron chi connectivity index (χ0n) is 11.3. The highest BCUT2D eigenvalue weighted by Gasteiger charge is 2.08. The fourth-order valence-electron chi connectivity index (χ4n) is 2.20. The normalized spacial score (nSPS) is 11.4. The van der Waals surface area contributed by atoms with Gasteiger partial charge >= 0.3 is 0 Å². The van der Waals surface area contributed by atoms with Gasteiger partial charge in [0.1, 0.15) is 0 Å². The van der Waals surface area contributed by atoms with E-state index in [4.69, 9.17) is 4.98 Å². The Morgan fingerprint density at radius 1 is 1.05 bits per heavy atom. The molecule has 0 radical (unpaired) electrons. The summed E-state index contributed by atoms with van der Waals surface area (Å²) in [5, 5.41) is 0. The van der Waals surface area contributed by atoms with Crippen LogP contribution in [-0.4, -0.2) is 9.38 Å². The second kappa shape index (κ2) is 5.34. The average molecular weight is 394 g/mol. The van der Waals surface area contributed by atoms with Crippen LogP contribution in [0.2, 0.25) is 0 Å². The van der Waals surface area contributed by atoms with Crippen LogP contribution in [0.15, 0.2) is 51.7 Å². The van der Waals surface area contributed by atoms with Gasteiger partial charge in [0.2, 0.25) is 0 Å². The minimum atomic E-state index is 0.551. The van der Waals surface area contributed by atoms with Crippen LogP contribution in [0.1, 0.15) is 25.3 Å². The lowest BCUT2D eigenvalue weighted by molar-refractivity contribution is 0.867. The lowest BCUT2D eigenvalue weighted by atomic mass is 10.0. The third-order valence-corrected chi connectivity index (χ3v) is 4.36. The lowest BCUT2D eigenvalue weighted by Crippen LogP contribution is -1.86. The topological polar surface area (TPSA) is 17.3 Å². The van der Waals surface area contributed by atoms with Crippen molar-refractivity contribution in [2.75, 3.05) is 0 Å². The molecule has 3 aromatic rings. The monoisotopic (exact) mass is 392 g/mol. The van der Waals surface area contributed by atoms with Gasteiger partial charge in [-0.1, -0.05) is 38.1 Å². The number of imidazole rings is 1. The number of nitrogens with zero attached hydrogens (tertiary/aromatic N) is 2. The zero-order chi connectivity index (χ0) is 14.3. The van der Waals surface area contributed by atoms with Gasteiger partial charge in [0, 0.05) is 22.4 Å². The van der Waals surface area contributed by atoms with Crippen molar-refractivity contribution in [1.29, 1.82) is 0 Å². The number of benzene rings is 1. The molecule has 0 saturated carbocycles. The zero-order valence-corrected chi connectivity index (χ0v) is 14.4. The van der Waals surface area contributed by atoms with Crippen LogP contribution in [0.4, 0.5) is 0 Å². The van der Waals surface area contributed by atoms with Crippen molar-refractivity contribution in [2.45, 2.75) is 19.8 Å². The predicted octanol–water partition coefficient (Wildman–Crippen LogP) is 5.65. The predicted molar refractivity (Wildman–Crippen MR) is 90.1 cm³/mol. The molecule has 0 aliphatic rings. The van der Waals surface area contributed by atoms with Crippen LogP contribution in [0.5, 0.6) is 0 Å². The van der Waals surface area contributed by atoms with Crippen molar-refractivity contribution in [2.24, 2.45) is 0 Å². The molecule has 1 aromatic carbocycles. The van der Waals surface area contributed by atoms with E-state index in [1.165, 1.54) is 5.56 Å². The van der Waals surface area contributed by atoms with E-state index in [0.717, 1.165) is 25.8 Å². The van der Waals surface area contributed by atoms with Crippen molar-refractivity contribution >= 4 is 37.5 Å². The van der Waals surface area contributed by atoms with E-state index in [9.17, 15) is 0 Å². The van der Waals surface area contributed by atoms with Gasteiger partial charge in [-0.25, -0.2) is 4.98 Å². The molecule has 2 nitrogen and oxygen atoms in total. The molecule has 0 spiro atoms. The van der Waals surface area contributed by atoms with E-state index in [2.05, 4.69) is 76.2 Å². The largest absolute Gasteiger partial charge is 0.304 e. The van der Waals surface area contributed by atoms with Gasteiger partial charge in [0.25, 0.3) is 0 Å². The summed E-state index contributed by atoms with van der Waals surface area (Å²) in [6.45, 7) is 4.41. The fourth-order valence-corrected chi connectivity index (χ4v) is 3.50. The SMILES string of the molecule is CC(C)c1ccc(-c2cn3cc(Br)cc(Br)c3n2)cc1. The third-order valence-electron chi connectivity index (χ3n) is 3.35. The molecule has 20 heavy (non-hydrogen) atoms. The third kappa shape index (κ3) is 2.54. The summed E-state index contributed by atoms with van der Waals surface area (Å²) in [6, 6.07) is 10.6. The van der Waals surface area contributed by atoms with Gasteiger partial charge in [-0.05, 0) is 49.4 Å². The Bertz CT molecular complexity index is 758. The summed E-state index contributed by atoms with van der Waals surface area (Å²) in [5.41, 5.74) is 4.40. The van der Waals surface area contributed by atoms with Gasteiger partial charge in [-0.3, -0.25) is 0 Å². The Balaban J connectivity index is 2.08. The van der Waals surface area contributed by atoms with Crippen molar-refractivity contribution in [3.63, 3.8) is 0 Å². The Kier molecular flexibility index (Phi) is 3.69. The number of aromatic nitrogens is 2. The van der Waals surface area contributed by atoms with Crippen LogP contribution in [0, 0.1) is 0 Å². The standard InChI is InChI=1S/C16H14Br2N2/c1-10(2)11-3-5-12(6-4-11)15-9-20-8-13(17)7-14(18)16(20)19-15/h3-10H,1-2H3. The summed E-state index contributed by atoms with van der Waals surface area (Å²) in [6.07, 6.45) is 4.06. The van der Waals surface area contributed by atoms with Gasteiger partial charge in [-0.2, -0.15) is 0 Å². The average Bonchev–Trinajstić information content (AvgIpc) is 2.83. The minimum Gasteiger partial charge on any atom is -0.304 e. The van der Waals surface area contributed by atoms with Crippen LogP contribution in [0.25, 0.3) is 16.9 Å². The highest BCUT2D eigenvalue weighted by Crippen LogP contribution is 2.27. The lowest BCUT2D eigenvalue weighted by Gasteiger charge is -2.05. The minimum absolute atomic E-state index is 0.551. The van der Waals surface area contributed by atoms with Gasteiger partial charge in [0.05, 0.1) is 10.2 Å². The first-order chi connectivity index (χ1) is 9.54. The molecule has 2 heterocycles. The molecule has 4 heteroatoms. The molecule has 0 unspecified atom stereocenters. The van der Waals surface area contributed by atoms with Gasteiger partial charge in [0.15, 0.2) is 5.65 Å². The highest BCUT2D eigenvalue weighted by atomic mass is 79.9. The number of hydrogen-bond acceptors (Lipinski definition) is 1. The maximum absolute atomic E-state index is 4.69. The molecule has 0 fully saturated rings. The number of rotatable bonds is 2. The first-order valence-electron chi connectivity index (χ1n) is 6.48. The molecule has 0 atom stereocenters. The quantitative estimate of drug-likeness (QED) is 0.549. The molecule has 102 valence electrons. The molecule has 0 amide bonds. The van der Waals surface area contributed by atoms with E-state index in [-0.39, 0.29) is 0 Å². The molecule has 0 saturated heterocycles.